The molecule has 0 unspecified atom stereocenters. The third-order valence-corrected chi connectivity index (χ3v) is 2.36. The van der Waals surface area contributed by atoms with Crippen molar-refractivity contribution in [1.29, 1.82) is 0 Å². The number of rotatable bonds is 6. The first kappa shape index (κ1) is 12.9. The fourth-order valence-corrected chi connectivity index (χ4v) is 1.40. The van der Waals surface area contributed by atoms with Crippen LogP contribution < -0.4 is 10.1 Å². The highest BCUT2D eigenvalue weighted by Gasteiger charge is 2.05. The number of aliphatic hydroxyl groups excluding tert-OH is 1. The molecule has 0 heterocycles. The number of halogens is 1. The Morgan fingerprint density at radius 1 is 1.50 bits per heavy atom. The highest BCUT2D eigenvalue weighted by atomic mass is 19.1. The van der Waals surface area contributed by atoms with Crippen molar-refractivity contribution in [2.24, 2.45) is 5.92 Å². The van der Waals surface area contributed by atoms with Gasteiger partial charge in [-0.15, -0.1) is 0 Å². The second-order valence-corrected chi connectivity index (χ2v) is 3.87. The first-order chi connectivity index (χ1) is 7.67. The molecule has 0 aromatic heterocycles. The van der Waals surface area contributed by atoms with Crippen molar-refractivity contribution in [3.63, 3.8) is 0 Å². The molecule has 0 bridgehead atoms. The molecule has 0 spiro atoms. The Morgan fingerprint density at radius 2 is 2.25 bits per heavy atom. The third-order valence-electron chi connectivity index (χ3n) is 2.36. The fraction of sp³-hybridized carbons (Fsp3) is 0.500. The summed E-state index contributed by atoms with van der Waals surface area (Å²) >= 11 is 0. The predicted octanol–water partition coefficient (Wildman–Crippen LogP) is 1.55. The van der Waals surface area contributed by atoms with E-state index in [9.17, 15) is 4.39 Å². The standard InChI is InChI=1S/C12H18FNO2/c1-9(8-15)6-14-7-10-5-11(13)3-4-12(10)16-2/h3-5,9,14-15H,6-8H2,1-2H3/t9-/m1/s1. The Labute approximate surface area is 95.2 Å². The molecule has 4 heteroatoms. The van der Waals surface area contributed by atoms with Crippen LogP contribution in [0.4, 0.5) is 4.39 Å². The summed E-state index contributed by atoms with van der Waals surface area (Å²) in [6, 6.07) is 4.44. The van der Waals surface area contributed by atoms with Crippen LogP contribution in [-0.2, 0) is 6.54 Å². The van der Waals surface area contributed by atoms with E-state index in [0.29, 0.717) is 18.8 Å². The zero-order chi connectivity index (χ0) is 12.0. The highest BCUT2D eigenvalue weighted by molar-refractivity contribution is 5.33. The summed E-state index contributed by atoms with van der Waals surface area (Å²) in [5, 5.41) is 12.0. The monoisotopic (exact) mass is 227 g/mol. The normalized spacial score (nSPS) is 12.5. The van der Waals surface area contributed by atoms with Crippen molar-refractivity contribution in [2.45, 2.75) is 13.5 Å². The van der Waals surface area contributed by atoms with E-state index in [0.717, 1.165) is 5.56 Å². The summed E-state index contributed by atoms with van der Waals surface area (Å²) in [6.45, 7) is 3.31. The average molecular weight is 227 g/mol. The lowest BCUT2D eigenvalue weighted by atomic mass is 10.1. The molecule has 1 aromatic carbocycles. The maximum absolute atomic E-state index is 13.0. The van der Waals surface area contributed by atoms with Crippen LogP contribution in [0.5, 0.6) is 5.75 Å². The number of nitrogens with one attached hydrogen (secondary N) is 1. The molecule has 0 fully saturated rings. The minimum atomic E-state index is -0.271. The lowest BCUT2D eigenvalue weighted by Crippen LogP contribution is -2.23. The largest absolute Gasteiger partial charge is 0.496 e. The zero-order valence-electron chi connectivity index (χ0n) is 9.66. The lowest BCUT2D eigenvalue weighted by molar-refractivity contribution is 0.233. The Morgan fingerprint density at radius 3 is 2.88 bits per heavy atom. The van der Waals surface area contributed by atoms with E-state index in [2.05, 4.69) is 5.32 Å². The zero-order valence-corrected chi connectivity index (χ0v) is 9.66. The van der Waals surface area contributed by atoms with Crippen LogP contribution in [0.3, 0.4) is 0 Å². The molecule has 3 nitrogen and oxygen atoms in total. The average Bonchev–Trinajstić information content (AvgIpc) is 2.29. The molecule has 0 aliphatic rings. The van der Waals surface area contributed by atoms with Crippen LogP contribution in [0.15, 0.2) is 18.2 Å². The molecule has 0 saturated heterocycles. The van der Waals surface area contributed by atoms with Crippen molar-refractivity contribution in [2.75, 3.05) is 20.3 Å². The molecule has 1 aromatic rings. The number of ether oxygens (including phenoxy) is 1. The van der Waals surface area contributed by atoms with E-state index in [1.165, 1.54) is 12.1 Å². The predicted molar refractivity (Wildman–Crippen MR) is 60.9 cm³/mol. The summed E-state index contributed by atoms with van der Waals surface area (Å²) in [6.07, 6.45) is 0. The van der Waals surface area contributed by atoms with Crippen molar-refractivity contribution < 1.29 is 14.2 Å². The Kier molecular flexibility index (Phi) is 5.22. The van der Waals surface area contributed by atoms with Gasteiger partial charge in [-0.3, -0.25) is 0 Å². The summed E-state index contributed by atoms with van der Waals surface area (Å²) in [5.74, 6) is 0.595. The first-order valence-corrected chi connectivity index (χ1v) is 5.31. The fourth-order valence-electron chi connectivity index (χ4n) is 1.40. The van der Waals surface area contributed by atoms with Gasteiger partial charge in [-0.05, 0) is 24.1 Å². The van der Waals surface area contributed by atoms with Gasteiger partial charge in [-0.1, -0.05) is 6.92 Å². The molecule has 1 rings (SSSR count). The molecule has 2 N–H and O–H groups in total. The van der Waals surface area contributed by atoms with Crippen LogP contribution in [-0.4, -0.2) is 25.4 Å². The van der Waals surface area contributed by atoms with Crippen LogP contribution in [0.2, 0.25) is 0 Å². The van der Waals surface area contributed by atoms with E-state index in [-0.39, 0.29) is 18.3 Å². The van der Waals surface area contributed by atoms with Crippen molar-refractivity contribution in [3.05, 3.63) is 29.6 Å². The van der Waals surface area contributed by atoms with Gasteiger partial charge in [-0.2, -0.15) is 0 Å². The quantitative estimate of drug-likeness (QED) is 0.774. The lowest BCUT2D eigenvalue weighted by Gasteiger charge is -2.12. The van der Waals surface area contributed by atoms with Gasteiger partial charge in [0.25, 0.3) is 0 Å². The minimum absolute atomic E-state index is 0.146. The van der Waals surface area contributed by atoms with E-state index in [4.69, 9.17) is 9.84 Å². The van der Waals surface area contributed by atoms with E-state index < -0.39 is 0 Å². The Hall–Kier alpha value is -1.13. The van der Waals surface area contributed by atoms with E-state index >= 15 is 0 Å². The van der Waals surface area contributed by atoms with Gasteiger partial charge in [0.05, 0.1) is 7.11 Å². The van der Waals surface area contributed by atoms with Crippen molar-refractivity contribution >= 4 is 0 Å². The molecule has 0 aliphatic carbocycles. The molecule has 0 amide bonds. The topological polar surface area (TPSA) is 41.5 Å². The number of benzene rings is 1. The van der Waals surface area contributed by atoms with Gasteiger partial charge in [0.2, 0.25) is 0 Å². The summed E-state index contributed by atoms with van der Waals surface area (Å²) in [5.41, 5.74) is 0.785. The van der Waals surface area contributed by atoms with E-state index in [1.807, 2.05) is 6.92 Å². The molecule has 0 saturated carbocycles. The molecule has 90 valence electrons. The van der Waals surface area contributed by atoms with Crippen LogP contribution in [0.1, 0.15) is 12.5 Å². The Balaban J connectivity index is 2.55. The third kappa shape index (κ3) is 3.79. The smallest absolute Gasteiger partial charge is 0.123 e. The van der Waals surface area contributed by atoms with Gasteiger partial charge in [0.1, 0.15) is 11.6 Å². The maximum Gasteiger partial charge on any atom is 0.123 e. The number of aliphatic hydroxyl groups is 1. The summed E-state index contributed by atoms with van der Waals surface area (Å²) < 4.78 is 18.1. The molecule has 0 aliphatic heterocycles. The number of methoxy groups -OCH3 is 1. The molecule has 1 atom stereocenters. The summed E-state index contributed by atoms with van der Waals surface area (Å²) in [7, 11) is 1.56. The van der Waals surface area contributed by atoms with Gasteiger partial charge in [0, 0.05) is 25.3 Å². The second kappa shape index (κ2) is 6.45. The Bertz CT molecular complexity index is 331. The molecule has 0 radical (unpaired) electrons. The molecular formula is C12H18FNO2. The minimum Gasteiger partial charge on any atom is -0.496 e. The molecule has 16 heavy (non-hydrogen) atoms. The van der Waals surface area contributed by atoms with Crippen molar-refractivity contribution in [1.82, 2.24) is 5.32 Å². The number of hydrogen-bond donors (Lipinski definition) is 2. The van der Waals surface area contributed by atoms with Crippen molar-refractivity contribution in [3.8, 4) is 5.75 Å². The SMILES string of the molecule is COc1ccc(F)cc1CNC[C@@H](C)CO. The van der Waals surface area contributed by atoms with Gasteiger partial charge in [0.15, 0.2) is 0 Å². The molecular weight excluding hydrogens is 209 g/mol. The highest BCUT2D eigenvalue weighted by Crippen LogP contribution is 2.18. The van der Waals surface area contributed by atoms with Crippen LogP contribution in [0.25, 0.3) is 0 Å². The summed E-state index contributed by atoms with van der Waals surface area (Å²) in [4.78, 5) is 0. The van der Waals surface area contributed by atoms with Gasteiger partial charge < -0.3 is 15.2 Å². The second-order valence-electron chi connectivity index (χ2n) is 3.87. The first-order valence-electron chi connectivity index (χ1n) is 5.31. The van der Waals surface area contributed by atoms with Gasteiger partial charge >= 0.3 is 0 Å². The number of hydrogen-bond acceptors (Lipinski definition) is 3. The maximum atomic E-state index is 13.0. The van der Waals surface area contributed by atoms with Crippen LogP contribution >= 0.6 is 0 Å². The van der Waals surface area contributed by atoms with E-state index in [1.54, 1.807) is 13.2 Å². The van der Waals surface area contributed by atoms with Gasteiger partial charge in [-0.25, -0.2) is 4.39 Å². The van der Waals surface area contributed by atoms with Crippen LogP contribution in [0, 0.1) is 11.7 Å².